The molecule has 0 aliphatic carbocycles. The standard InChI is InChI=1S/C12H14N2O.CH4O4S/c1-2-8-15-11-9-13-14-12(11)10-6-4-3-5-7-10;1-5-6(2,3)4/h3-7,9H,2,8H2,1H3,(H,13,14);1H3,(H,2,3,4). The van der Waals surface area contributed by atoms with Crippen LogP contribution in [0.4, 0.5) is 0 Å². The zero-order valence-corrected chi connectivity index (χ0v) is 12.7. The van der Waals surface area contributed by atoms with Crippen LogP contribution in [0.1, 0.15) is 18.9 Å². The molecule has 1 aliphatic rings. The average Bonchev–Trinajstić information content (AvgIpc) is 2.94. The molecule has 116 valence electrons. The number of allylic oxidation sites excluding steroid dienone is 1. The van der Waals surface area contributed by atoms with Gasteiger partial charge in [0, 0.05) is 5.56 Å². The zero-order chi connectivity index (χ0) is 15.7. The second kappa shape index (κ2) is 8.53. The molecule has 0 fully saturated rings. The van der Waals surface area contributed by atoms with Crippen molar-refractivity contribution in [1.29, 1.82) is 0 Å². The Balaban J connectivity index is 0.000000315. The topological polar surface area (TPSA) is 105 Å². The Morgan fingerprint density at radius 3 is 2.43 bits per heavy atom. The number of hydrogen-bond donors (Lipinski definition) is 1. The molecule has 1 aliphatic heterocycles. The Kier molecular flexibility index (Phi) is 7.03. The van der Waals surface area contributed by atoms with Gasteiger partial charge in [0.2, 0.25) is 16.2 Å². The maximum absolute atomic E-state index is 9.22. The molecule has 21 heavy (non-hydrogen) atoms. The first-order valence-electron chi connectivity index (χ1n) is 6.29. The normalized spacial score (nSPS) is 13.9. The van der Waals surface area contributed by atoms with E-state index in [1.165, 1.54) is 0 Å². The molecule has 0 bridgehead atoms. The lowest BCUT2D eigenvalue weighted by atomic mass is 10.1. The molecular formula is C13H18N2O5S. The van der Waals surface area contributed by atoms with Crippen LogP contribution in [0.2, 0.25) is 0 Å². The summed E-state index contributed by atoms with van der Waals surface area (Å²) in [7, 11) is -3.60. The Morgan fingerprint density at radius 1 is 1.29 bits per heavy atom. The molecule has 0 unspecified atom stereocenters. The maximum atomic E-state index is 9.22. The fourth-order valence-electron chi connectivity index (χ4n) is 1.46. The largest absolute Gasteiger partial charge is 0.726 e. The molecule has 2 N–H and O–H groups in total. The highest BCUT2D eigenvalue weighted by atomic mass is 32.3. The smallest absolute Gasteiger partial charge is 0.217 e. The Labute approximate surface area is 124 Å². The quantitative estimate of drug-likeness (QED) is 0.479. The van der Waals surface area contributed by atoms with E-state index in [2.05, 4.69) is 16.2 Å². The summed E-state index contributed by atoms with van der Waals surface area (Å²) in [5.41, 5.74) is 3.82. The van der Waals surface area contributed by atoms with Gasteiger partial charge in [0.05, 0.1) is 13.7 Å². The lowest BCUT2D eigenvalue weighted by Gasteiger charge is -2.05. The average molecular weight is 314 g/mol. The molecule has 8 heteroatoms. The molecule has 0 radical (unpaired) electrons. The summed E-state index contributed by atoms with van der Waals surface area (Å²) in [4.78, 5) is 0. The van der Waals surface area contributed by atoms with E-state index in [1.807, 2.05) is 36.5 Å². The van der Waals surface area contributed by atoms with Gasteiger partial charge in [-0.15, -0.1) is 0 Å². The molecule has 0 aromatic heterocycles. The molecule has 1 aromatic carbocycles. The number of rotatable bonds is 5. The second-order valence-electron chi connectivity index (χ2n) is 3.95. The molecule has 0 atom stereocenters. The van der Waals surface area contributed by atoms with Crippen molar-refractivity contribution in [2.75, 3.05) is 13.7 Å². The van der Waals surface area contributed by atoms with Crippen molar-refractivity contribution in [3.05, 3.63) is 47.9 Å². The predicted octanol–water partition coefficient (Wildman–Crippen LogP) is 0.329. The van der Waals surface area contributed by atoms with Crippen molar-refractivity contribution >= 4 is 16.1 Å². The molecule has 1 heterocycles. The zero-order valence-electron chi connectivity index (χ0n) is 11.9. The Bertz CT molecular complexity index is 596. The SMILES string of the molecule is CCCOC1=C[NH2+]N=C1c1ccccc1.COS(=O)(=O)[O-]. The Morgan fingerprint density at radius 2 is 1.90 bits per heavy atom. The first-order valence-corrected chi connectivity index (χ1v) is 7.62. The van der Waals surface area contributed by atoms with Gasteiger partial charge in [0.15, 0.2) is 11.9 Å². The minimum atomic E-state index is -4.41. The minimum absolute atomic E-state index is 0.742. The van der Waals surface area contributed by atoms with Gasteiger partial charge in [-0.25, -0.2) is 8.42 Å². The van der Waals surface area contributed by atoms with Crippen molar-refractivity contribution in [3.8, 4) is 0 Å². The lowest BCUT2D eigenvalue weighted by Crippen LogP contribution is -2.69. The van der Waals surface area contributed by atoms with Crippen LogP contribution < -0.4 is 5.43 Å². The third kappa shape index (κ3) is 6.50. The number of ether oxygens (including phenoxy) is 1. The summed E-state index contributed by atoms with van der Waals surface area (Å²) in [5.74, 6) is 0.878. The first kappa shape index (κ1) is 17.3. The van der Waals surface area contributed by atoms with Gasteiger partial charge in [0.1, 0.15) is 0 Å². The summed E-state index contributed by atoms with van der Waals surface area (Å²) in [6.45, 7) is 2.84. The van der Waals surface area contributed by atoms with Crippen LogP contribution in [-0.4, -0.2) is 32.4 Å². The highest BCUT2D eigenvalue weighted by Gasteiger charge is 2.19. The second-order valence-corrected chi connectivity index (χ2v) is 5.10. The van der Waals surface area contributed by atoms with Gasteiger partial charge in [-0.05, 0) is 6.42 Å². The van der Waals surface area contributed by atoms with Crippen LogP contribution in [0.15, 0.2) is 47.4 Å². The molecular weight excluding hydrogens is 296 g/mol. The molecule has 2 rings (SSSR count). The number of nitrogens with zero attached hydrogens (tertiary/aromatic N) is 1. The fraction of sp³-hybridized carbons (Fsp3) is 0.308. The third-order valence-corrected chi connectivity index (χ3v) is 2.78. The van der Waals surface area contributed by atoms with Crippen LogP contribution in [0.3, 0.4) is 0 Å². The summed E-state index contributed by atoms with van der Waals surface area (Å²) in [6, 6.07) is 10.1. The van der Waals surface area contributed by atoms with Gasteiger partial charge in [-0.3, -0.25) is 4.18 Å². The minimum Gasteiger partial charge on any atom is -0.726 e. The number of benzene rings is 1. The van der Waals surface area contributed by atoms with Crippen LogP contribution in [0.25, 0.3) is 0 Å². The van der Waals surface area contributed by atoms with Crippen molar-refractivity contribution in [2.24, 2.45) is 5.10 Å². The summed E-state index contributed by atoms with van der Waals surface area (Å²) >= 11 is 0. The van der Waals surface area contributed by atoms with Crippen molar-refractivity contribution in [1.82, 2.24) is 0 Å². The van der Waals surface area contributed by atoms with Crippen LogP contribution in [0.5, 0.6) is 0 Å². The molecule has 0 amide bonds. The van der Waals surface area contributed by atoms with Crippen molar-refractivity contribution in [3.63, 3.8) is 0 Å². The first-order chi connectivity index (χ1) is 9.98. The van der Waals surface area contributed by atoms with Crippen molar-refractivity contribution < 1.29 is 27.3 Å². The van der Waals surface area contributed by atoms with E-state index in [4.69, 9.17) is 4.74 Å². The fourth-order valence-corrected chi connectivity index (χ4v) is 1.46. The summed E-state index contributed by atoms with van der Waals surface area (Å²) < 4.78 is 36.6. The predicted molar refractivity (Wildman–Crippen MR) is 75.9 cm³/mol. The van der Waals surface area contributed by atoms with Gasteiger partial charge < -0.3 is 9.29 Å². The van der Waals surface area contributed by atoms with E-state index in [1.54, 1.807) is 5.43 Å². The third-order valence-electron chi connectivity index (χ3n) is 2.38. The highest BCUT2D eigenvalue weighted by molar-refractivity contribution is 7.80. The lowest BCUT2D eigenvalue weighted by molar-refractivity contribution is -0.591. The molecule has 0 saturated heterocycles. The van der Waals surface area contributed by atoms with E-state index in [9.17, 15) is 13.0 Å². The molecule has 0 spiro atoms. The molecule has 1 aromatic rings. The monoisotopic (exact) mass is 314 g/mol. The van der Waals surface area contributed by atoms with Gasteiger partial charge in [-0.1, -0.05) is 42.4 Å². The number of hydrogen-bond acceptors (Lipinski definition) is 6. The van der Waals surface area contributed by atoms with Crippen molar-refractivity contribution in [2.45, 2.75) is 13.3 Å². The molecule has 7 nitrogen and oxygen atoms in total. The van der Waals surface area contributed by atoms with E-state index >= 15 is 0 Å². The summed E-state index contributed by atoms with van der Waals surface area (Å²) in [5, 5.41) is 4.31. The van der Waals surface area contributed by atoms with E-state index < -0.39 is 10.4 Å². The van der Waals surface area contributed by atoms with Gasteiger partial charge >= 0.3 is 0 Å². The number of nitrogens with two attached hydrogens (primary N) is 1. The number of quaternary nitrogens is 1. The Hall–Kier alpha value is -1.74. The van der Waals surface area contributed by atoms with Crippen LogP contribution in [0, 0.1) is 0 Å². The van der Waals surface area contributed by atoms with E-state index in [-0.39, 0.29) is 0 Å². The maximum Gasteiger partial charge on any atom is 0.217 e. The highest BCUT2D eigenvalue weighted by Crippen LogP contribution is 2.11. The van der Waals surface area contributed by atoms with E-state index in [0.29, 0.717) is 0 Å². The van der Waals surface area contributed by atoms with Crippen LogP contribution in [-0.2, 0) is 19.3 Å². The van der Waals surface area contributed by atoms with Crippen LogP contribution >= 0.6 is 0 Å². The summed E-state index contributed by atoms with van der Waals surface area (Å²) in [6.07, 6.45) is 2.93. The van der Waals surface area contributed by atoms with E-state index in [0.717, 1.165) is 37.2 Å². The van der Waals surface area contributed by atoms with Gasteiger partial charge in [-0.2, -0.15) is 5.43 Å². The van der Waals surface area contributed by atoms with Gasteiger partial charge in [0.25, 0.3) is 0 Å². The molecule has 0 saturated carbocycles.